The van der Waals surface area contributed by atoms with E-state index in [4.69, 9.17) is 4.42 Å². The minimum atomic E-state index is 0.678. The average molecular weight is 264 g/mol. The molecule has 3 atom stereocenters. The molecule has 1 aliphatic carbocycles. The molecule has 1 saturated carbocycles. The highest BCUT2D eigenvalue weighted by Crippen LogP contribution is 2.29. The van der Waals surface area contributed by atoms with Gasteiger partial charge in [0, 0.05) is 12.6 Å². The van der Waals surface area contributed by atoms with Crippen LogP contribution in [0.5, 0.6) is 0 Å². The summed E-state index contributed by atoms with van der Waals surface area (Å²) in [6, 6.07) is 4.81. The predicted molar refractivity (Wildman–Crippen MR) is 79.1 cm³/mol. The molecule has 0 bridgehead atoms. The van der Waals surface area contributed by atoms with Crippen LogP contribution in [-0.2, 0) is 6.54 Å². The van der Waals surface area contributed by atoms with Gasteiger partial charge in [-0.1, -0.05) is 6.92 Å². The maximum absolute atomic E-state index is 5.66. The van der Waals surface area contributed by atoms with Gasteiger partial charge in [0.2, 0.25) is 0 Å². The molecular formula is C16H28N2O. The average Bonchev–Trinajstić information content (AvgIpc) is 2.75. The molecule has 2 rings (SSSR count). The molecule has 3 nitrogen and oxygen atoms in total. The third kappa shape index (κ3) is 4.08. The van der Waals surface area contributed by atoms with E-state index in [1.807, 2.05) is 13.0 Å². The zero-order chi connectivity index (χ0) is 13.8. The molecule has 108 valence electrons. The summed E-state index contributed by atoms with van der Waals surface area (Å²) >= 11 is 0. The summed E-state index contributed by atoms with van der Waals surface area (Å²) in [7, 11) is 4.30. The quantitative estimate of drug-likeness (QED) is 0.886. The second kappa shape index (κ2) is 6.58. The van der Waals surface area contributed by atoms with E-state index in [0.29, 0.717) is 6.04 Å². The molecule has 1 heterocycles. The number of hydrogen-bond donors (Lipinski definition) is 1. The standard InChI is InChI=1S/C16H28N2O/c1-12-5-8-16(17-3)14(9-12)10-18(4)11-15-7-6-13(2)19-15/h6-7,12,14,16-17H,5,8-11H2,1-4H3. The van der Waals surface area contributed by atoms with Gasteiger partial charge >= 0.3 is 0 Å². The van der Waals surface area contributed by atoms with Crippen molar-refractivity contribution in [2.75, 3.05) is 20.6 Å². The van der Waals surface area contributed by atoms with Crippen molar-refractivity contribution in [3.63, 3.8) is 0 Å². The van der Waals surface area contributed by atoms with E-state index in [1.54, 1.807) is 0 Å². The van der Waals surface area contributed by atoms with Crippen LogP contribution in [0, 0.1) is 18.8 Å². The van der Waals surface area contributed by atoms with E-state index in [1.165, 1.54) is 19.3 Å². The van der Waals surface area contributed by atoms with Crippen LogP contribution in [0.2, 0.25) is 0 Å². The highest BCUT2D eigenvalue weighted by atomic mass is 16.3. The van der Waals surface area contributed by atoms with Crippen LogP contribution in [0.25, 0.3) is 0 Å². The lowest BCUT2D eigenvalue weighted by atomic mass is 9.78. The highest BCUT2D eigenvalue weighted by molar-refractivity contribution is 5.05. The second-order valence-electron chi connectivity index (χ2n) is 6.28. The van der Waals surface area contributed by atoms with Crippen molar-refractivity contribution < 1.29 is 4.42 Å². The minimum Gasteiger partial charge on any atom is -0.465 e. The van der Waals surface area contributed by atoms with Gasteiger partial charge in [-0.05, 0) is 64.3 Å². The molecular weight excluding hydrogens is 236 g/mol. The Morgan fingerprint density at radius 3 is 2.79 bits per heavy atom. The molecule has 3 heteroatoms. The van der Waals surface area contributed by atoms with Crippen LogP contribution in [0.3, 0.4) is 0 Å². The van der Waals surface area contributed by atoms with Gasteiger partial charge in [-0.15, -0.1) is 0 Å². The topological polar surface area (TPSA) is 28.4 Å². The summed E-state index contributed by atoms with van der Waals surface area (Å²) in [5.41, 5.74) is 0. The maximum atomic E-state index is 5.66. The van der Waals surface area contributed by atoms with Crippen LogP contribution in [0.15, 0.2) is 16.5 Å². The van der Waals surface area contributed by atoms with Crippen molar-refractivity contribution in [2.24, 2.45) is 11.8 Å². The fourth-order valence-corrected chi connectivity index (χ4v) is 3.38. The smallest absolute Gasteiger partial charge is 0.118 e. The van der Waals surface area contributed by atoms with Crippen LogP contribution >= 0.6 is 0 Å². The molecule has 19 heavy (non-hydrogen) atoms. The molecule has 0 amide bonds. The first-order chi connectivity index (χ1) is 9.08. The number of nitrogens with zero attached hydrogens (tertiary/aromatic N) is 1. The minimum absolute atomic E-state index is 0.678. The molecule has 1 aromatic rings. The predicted octanol–water partition coefficient (Wildman–Crippen LogP) is 3.04. The Labute approximate surface area is 117 Å². The lowest BCUT2D eigenvalue weighted by Crippen LogP contribution is -2.43. The van der Waals surface area contributed by atoms with Gasteiger partial charge in [0.25, 0.3) is 0 Å². The van der Waals surface area contributed by atoms with Crippen molar-refractivity contribution in [3.8, 4) is 0 Å². The van der Waals surface area contributed by atoms with E-state index in [9.17, 15) is 0 Å². The van der Waals surface area contributed by atoms with Gasteiger partial charge in [0.05, 0.1) is 6.54 Å². The van der Waals surface area contributed by atoms with E-state index in [2.05, 4.69) is 37.3 Å². The fraction of sp³-hybridized carbons (Fsp3) is 0.750. The van der Waals surface area contributed by atoms with Crippen LogP contribution < -0.4 is 5.32 Å². The summed E-state index contributed by atoms with van der Waals surface area (Å²) in [4.78, 5) is 2.39. The first-order valence-corrected chi connectivity index (χ1v) is 7.49. The Balaban J connectivity index is 1.87. The molecule has 0 saturated heterocycles. The lowest BCUT2D eigenvalue weighted by Gasteiger charge is -2.36. The number of hydrogen-bond acceptors (Lipinski definition) is 3. The van der Waals surface area contributed by atoms with Crippen molar-refractivity contribution in [1.29, 1.82) is 0 Å². The van der Waals surface area contributed by atoms with Crippen LogP contribution in [0.1, 0.15) is 37.7 Å². The summed E-state index contributed by atoms with van der Waals surface area (Å²) in [5, 5.41) is 3.50. The van der Waals surface area contributed by atoms with Crippen LogP contribution in [0.4, 0.5) is 0 Å². The van der Waals surface area contributed by atoms with Crippen molar-refractivity contribution in [2.45, 2.75) is 45.7 Å². The second-order valence-corrected chi connectivity index (χ2v) is 6.28. The summed E-state index contributed by atoms with van der Waals surface area (Å²) in [6.07, 6.45) is 4.02. The van der Waals surface area contributed by atoms with Gasteiger partial charge < -0.3 is 9.73 Å². The Morgan fingerprint density at radius 2 is 2.16 bits per heavy atom. The zero-order valence-electron chi connectivity index (χ0n) is 12.8. The first kappa shape index (κ1) is 14.6. The fourth-order valence-electron chi connectivity index (χ4n) is 3.38. The molecule has 1 N–H and O–H groups in total. The number of aryl methyl sites for hydroxylation is 1. The Kier molecular flexibility index (Phi) is 5.06. The van der Waals surface area contributed by atoms with Gasteiger partial charge in [0.15, 0.2) is 0 Å². The van der Waals surface area contributed by atoms with Gasteiger partial charge in [-0.25, -0.2) is 0 Å². The molecule has 1 aliphatic rings. The first-order valence-electron chi connectivity index (χ1n) is 7.49. The molecule has 0 aromatic carbocycles. The van der Waals surface area contributed by atoms with Crippen LogP contribution in [-0.4, -0.2) is 31.6 Å². The van der Waals surface area contributed by atoms with Crippen molar-refractivity contribution in [1.82, 2.24) is 10.2 Å². The molecule has 1 aromatic heterocycles. The third-order valence-corrected chi connectivity index (χ3v) is 4.38. The largest absolute Gasteiger partial charge is 0.465 e. The Hall–Kier alpha value is -0.800. The maximum Gasteiger partial charge on any atom is 0.118 e. The normalized spacial score (nSPS) is 27.9. The summed E-state index contributed by atoms with van der Waals surface area (Å²) in [6.45, 7) is 6.45. The molecule has 3 unspecified atom stereocenters. The van der Waals surface area contributed by atoms with E-state index in [0.717, 1.165) is 36.4 Å². The molecule has 0 spiro atoms. The van der Waals surface area contributed by atoms with Gasteiger partial charge in [-0.3, -0.25) is 4.90 Å². The van der Waals surface area contributed by atoms with E-state index >= 15 is 0 Å². The zero-order valence-corrected chi connectivity index (χ0v) is 12.8. The van der Waals surface area contributed by atoms with Crippen molar-refractivity contribution >= 4 is 0 Å². The SMILES string of the molecule is CNC1CCC(C)CC1CN(C)Cc1ccc(C)o1. The number of rotatable bonds is 5. The summed E-state index contributed by atoms with van der Waals surface area (Å²) < 4.78 is 5.66. The molecule has 1 fully saturated rings. The Morgan fingerprint density at radius 1 is 1.37 bits per heavy atom. The lowest BCUT2D eigenvalue weighted by molar-refractivity contribution is 0.156. The van der Waals surface area contributed by atoms with E-state index < -0.39 is 0 Å². The molecule has 0 radical (unpaired) electrons. The third-order valence-electron chi connectivity index (χ3n) is 4.38. The van der Waals surface area contributed by atoms with Gasteiger partial charge in [0.1, 0.15) is 11.5 Å². The van der Waals surface area contributed by atoms with E-state index in [-0.39, 0.29) is 0 Å². The number of nitrogens with one attached hydrogen (secondary N) is 1. The molecule has 0 aliphatic heterocycles. The monoisotopic (exact) mass is 264 g/mol. The van der Waals surface area contributed by atoms with Gasteiger partial charge in [-0.2, -0.15) is 0 Å². The number of furan rings is 1. The Bertz CT molecular complexity index is 388. The highest BCUT2D eigenvalue weighted by Gasteiger charge is 2.28. The summed E-state index contributed by atoms with van der Waals surface area (Å²) in [5.74, 6) is 3.70. The van der Waals surface area contributed by atoms with Crippen molar-refractivity contribution in [3.05, 3.63) is 23.7 Å².